The number of carbonyl (C=O) groups excluding carboxylic acids is 2. The van der Waals surface area contributed by atoms with Gasteiger partial charge in [0.15, 0.2) is 0 Å². The molecule has 7 unspecified atom stereocenters. The zero-order chi connectivity index (χ0) is 26.3. The molecule has 0 N–H and O–H groups in total. The quantitative estimate of drug-likeness (QED) is 0.389. The van der Waals surface area contributed by atoms with Gasteiger partial charge in [0.25, 0.3) is 0 Å². The molecule has 0 amide bonds. The summed E-state index contributed by atoms with van der Waals surface area (Å²) in [6, 6.07) is 9.50. The molecule has 5 aliphatic rings. The number of hydrogen-bond acceptors (Lipinski definition) is 3. The van der Waals surface area contributed by atoms with Crippen molar-refractivity contribution in [2.24, 2.45) is 50.7 Å². The smallest absolute Gasteiger partial charge is 0.338 e. The average Bonchev–Trinajstić information content (AvgIpc) is 3.30. The number of rotatable bonds is 3. The summed E-state index contributed by atoms with van der Waals surface area (Å²) in [7, 11) is 0. The Bertz CT molecular complexity index is 1080. The second-order valence-electron chi connectivity index (χ2n) is 15.1. The lowest BCUT2D eigenvalue weighted by atomic mass is 9.32. The number of fused-ring (bicyclic) bond motifs is 7. The summed E-state index contributed by atoms with van der Waals surface area (Å²) in [6.07, 6.45) is 13.2. The molecule has 5 fully saturated rings. The van der Waals surface area contributed by atoms with Crippen LogP contribution in [-0.4, -0.2) is 18.4 Å². The normalized spacial score (nSPS) is 46.2. The molecule has 0 aromatic heterocycles. The Morgan fingerprint density at radius 3 is 2.32 bits per heavy atom. The topological polar surface area (TPSA) is 43.4 Å². The molecule has 5 saturated carbocycles. The van der Waals surface area contributed by atoms with E-state index in [-0.39, 0.29) is 22.2 Å². The Hall–Kier alpha value is -1.64. The van der Waals surface area contributed by atoms with E-state index in [1.807, 2.05) is 30.3 Å². The van der Waals surface area contributed by atoms with Gasteiger partial charge in [-0.15, -0.1) is 0 Å². The van der Waals surface area contributed by atoms with Crippen LogP contribution in [0.1, 0.15) is 116 Å². The van der Waals surface area contributed by atoms with Crippen molar-refractivity contribution < 1.29 is 14.3 Å². The molecule has 0 aliphatic heterocycles. The molecule has 0 radical (unpaired) electrons. The molecule has 3 nitrogen and oxygen atoms in total. The maximum atomic E-state index is 13.0. The van der Waals surface area contributed by atoms with E-state index in [0.717, 1.165) is 18.8 Å². The predicted octanol–water partition coefficient (Wildman–Crippen LogP) is 8.27. The van der Waals surface area contributed by atoms with Crippen LogP contribution in [0.2, 0.25) is 0 Å². The Morgan fingerprint density at radius 2 is 1.57 bits per heavy atom. The van der Waals surface area contributed by atoms with Gasteiger partial charge in [-0.1, -0.05) is 59.2 Å². The second kappa shape index (κ2) is 8.43. The van der Waals surface area contributed by atoms with E-state index in [2.05, 4.69) is 34.6 Å². The summed E-state index contributed by atoms with van der Waals surface area (Å²) in [5.74, 6) is 2.95. The first-order chi connectivity index (χ1) is 17.5. The highest BCUT2D eigenvalue weighted by atomic mass is 16.5. The van der Waals surface area contributed by atoms with Crippen LogP contribution in [0.4, 0.5) is 0 Å². The van der Waals surface area contributed by atoms with E-state index < -0.39 is 0 Å². The van der Waals surface area contributed by atoms with Crippen molar-refractivity contribution in [2.75, 3.05) is 6.61 Å². The molecular formula is C34H48O3. The molecule has 37 heavy (non-hydrogen) atoms. The lowest BCUT2D eigenvalue weighted by Crippen LogP contribution is -2.66. The molecule has 6 rings (SSSR count). The van der Waals surface area contributed by atoms with Gasteiger partial charge < -0.3 is 4.74 Å². The van der Waals surface area contributed by atoms with E-state index in [0.29, 0.717) is 46.5 Å². The zero-order valence-corrected chi connectivity index (χ0v) is 23.9. The second-order valence-corrected chi connectivity index (χ2v) is 15.1. The third-order valence-electron chi connectivity index (χ3n) is 13.8. The first-order valence-electron chi connectivity index (χ1n) is 15.2. The Balaban J connectivity index is 1.26. The zero-order valence-electron chi connectivity index (χ0n) is 23.9. The highest BCUT2D eigenvalue weighted by molar-refractivity contribution is 5.89. The van der Waals surface area contributed by atoms with Crippen molar-refractivity contribution in [3.63, 3.8) is 0 Å². The third-order valence-corrected chi connectivity index (χ3v) is 13.8. The fraction of sp³-hybridized carbons (Fsp3) is 0.765. The van der Waals surface area contributed by atoms with Crippen molar-refractivity contribution in [3.05, 3.63) is 35.9 Å². The van der Waals surface area contributed by atoms with Gasteiger partial charge in [-0.05, 0) is 110 Å². The summed E-state index contributed by atoms with van der Waals surface area (Å²) < 4.78 is 6.07. The Kier molecular flexibility index (Phi) is 5.84. The van der Waals surface area contributed by atoms with Crippen LogP contribution < -0.4 is 0 Å². The van der Waals surface area contributed by atoms with Gasteiger partial charge in [-0.25, -0.2) is 4.79 Å². The van der Waals surface area contributed by atoms with Gasteiger partial charge >= 0.3 is 5.97 Å². The van der Waals surface area contributed by atoms with E-state index >= 15 is 0 Å². The lowest BCUT2D eigenvalue weighted by molar-refractivity contribution is -0.233. The third kappa shape index (κ3) is 3.43. The maximum absolute atomic E-state index is 13.0. The van der Waals surface area contributed by atoms with Crippen LogP contribution >= 0.6 is 0 Å². The van der Waals surface area contributed by atoms with Gasteiger partial charge in [0, 0.05) is 17.3 Å². The highest BCUT2D eigenvalue weighted by Crippen LogP contribution is 2.76. The summed E-state index contributed by atoms with van der Waals surface area (Å²) in [5.41, 5.74) is 1.58. The summed E-state index contributed by atoms with van der Waals surface area (Å²) in [6.45, 7) is 13.0. The number of hydrogen-bond donors (Lipinski definition) is 0. The van der Waals surface area contributed by atoms with Crippen LogP contribution in [0, 0.1) is 50.7 Å². The standard InChI is InChI=1S/C34H48O3/c1-30(2)26-15-19-33(5)27(31(26,3)18-16-28(30)35)14-13-24-25-12-9-17-34(25,21-20-32(24,33)4)22-37-29(36)23-10-7-6-8-11-23/h6-8,10-11,24-27H,9,12-22H2,1-5H3/t24?,25?,26?,27?,31?,32-,33?,34?/m1/s1. The fourth-order valence-electron chi connectivity index (χ4n) is 11.6. The molecule has 8 atom stereocenters. The van der Waals surface area contributed by atoms with E-state index in [9.17, 15) is 9.59 Å². The SMILES string of the molecule is CC1(C)C(=O)CCC2(C)C1CCC1(C)C2CCC2C3CCCC3(COC(=O)c3ccccc3)CC[C@]21C. The molecular weight excluding hydrogens is 456 g/mol. The van der Waals surface area contributed by atoms with Gasteiger partial charge in [-0.3, -0.25) is 4.79 Å². The van der Waals surface area contributed by atoms with Crippen molar-refractivity contribution in [3.8, 4) is 0 Å². The molecule has 0 spiro atoms. The number of benzene rings is 1. The number of carbonyl (C=O) groups is 2. The molecule has 3 heteroatoms. The average molecular weight is 505 g/mol. The Labute approximate surface area is 224 Å². The largest absolute Gasteiger partial charge is 0.461 e. The monoisotopic (exact) mass is 504 g/mol. The van der Waals surface area contributed by atoms with Crippen molar-refractivity contribution in [1.29, 1.82) is 0 Å². The van der Waals surface area contributed by atoms with Gasteiger partial charge in [0.05, 0.1) is 12.2 Å². The summed E-state index contributed by atoms with van der Waals surface area (Å²) >= 11 is 0. The van der Waals surface area contributed by atoms with E-state index in [1.54, 1.807) is 0 Å². The van der Waals surface area contributed by atoms with Crippen molar-refractivity contribution in [2.45, 2.75) is 105 Å². The first-order valence-corrected chi connectivity index (χ1v) is 15.2. The van der Waals surface area contributed by atoms with Crippen LogP contribution in [0.25, 0.3) is 0 Å². The van der Waals surface area contributed by atoms with Crippen molar-refractivity contribution >= 4 is 11.8 Å². The van der Waals surface area contributed by atoms with Gasteiger partial charge in [0.1, 0.15) is 5.78 Å². The molecule has 0 bridgehead atoms. The minimum absolute atomic E-state index is 0.162. The molecule has 5 aliphatic carbocycles. The molecule has 1 aromatic carbocycles. The predicted molar refractivity (Wildman–Crippen MR) is 147 cm³/mol. The van der Waals surface area contributed by atoms with E-state index in [1.165, 1.54) is 57.8 Å². The van der Waals surface area contributed by atoms with Crippen LogP contribution in [-0.2, 0) is 9.53 Å². The number of esters is 1. The number of ketones is 1. The van der Waals surface area contributed by atoms with Crippen LogP contribution in [0.3, 0.4) is 0 Å². The summed E-state index contributed by atoms with van der Waals surface area (Å²) in [4.78, 5) is 25.8. The minimum Gasteiger partial charge on any atom is -0.461 e. The van der Waals surface area contributed by atoms with Crippen LogP contribution in [0.15, 0.2) is 30.3 Å². The first kappa shape index (κ1) is 25.6. The Morgan fingerprint density at radius 1 is 0.811 bits per heavy atom. The molecule has 202 valence electrons. The number of ether oxygens (including phenoxy) is 1. The molecule has 0 heterocycles. The van der Waals surface area contributed by atoms with Gasteiger partial charge in [0.2, 0.25) is 0 Å². The van der Waals surface area contributed by atoms with E-state index in [4.69, 9.17) is 4.74 Å². The van der Waals surface area contributed by atoms with Gasteiger partial charge in [-0.2, -0.15) is 0 Å². The summed E-state index contributed by atoms with van der Waals surface area (Å²) in [5, 5.41) is 0. The maximum Gasteiger partial charge on any atom is 0.338 e. The molecule has 0 saturated heterocycles. The molecule has 1 aromatic rings. The van der Waals surface area contributed by atoms with Crippen molar-refractivity contribution in [1.82, 2.24) is 0 Å². The lowest BCUT2D eigenvalue weighted by Gasteiger charge is -2.72. The fourth-order valence-corrected chi connectivity index (χ4v) is 11.6. The minimum atomic E-state index is -0.179. The highest BCUT2D eigenvalue weighted by Gasteiger charge is 2.70. The van der Waals surface area contributed by atoms with Crippen LogP contribution in [0.5, 0.6) is 0 Å². The number of Topliss-reactive ketones (excluding diaryl/α,β-unsaturated/α-hetero) is 1.